The van der Waals surface area contributed by atoms with Gasteiger partial charge in [-0.05, 0) is 43.2 Å². The lowest BCUT2D eigenvalue weighted by Gasteiger charge is -2.38. The van der Waals surface area contributed by atoms with Crippen LogP contribution in [0.25, 0.3) is 0 Å². The fourth-order valence-corrected chi connectivity index (χ4v) is 4.33. The molecule has 0 unspecified atom stereocenters. The molecule has 0 fully saturated rings. The van der Waals surface area contributed by atoms with Gasteiger partial charge in [-0.15, -0.1) is 0 Å². The lowest BCUT2D eigenvalue weighted by molar-refractivity contribution is -0.119. The third-order valence-electron chi connectivity index (χ3n) is 5.57. The van der Waals surface area contributed by atoms with Crippen LogP contribution >= 0.6 is 0 Å². The number of hydrogen-bond donors (Lipinski definition) is 0. The van der Waals surface area contributed by atoms with Crippen LogP contribution in [-0.4, -0.2) is 25.9 Å². The van der Waals surface area contributed by atoms with Crippen molar-refractivity contribution in [2.45, 2.75) is 31.6 Å². The van der Waals surface area contributed by atoms with Gasteiger partial charge >= 0.3 is 0 Å². The number of amides is 1. The maximum absolute atomic E-state index is 13.4. The Morgan fingerprint density at radius 3 is 2.45 bits per heavy atom. The zero-order chi connectivity index (χ0) is 20.5. The number of carbonyl (C=O) groups excluding carboxylic acids is 2. The van der Waals surface area contributed by atoms with Gasteiger partial charge in [-0.3, -0.25) is 14.5 Å². The van der Waals surface area contributed by atoms with Crippen LogP contribution < -0.4 is 14.4 Å². The van der Waals surface area contributed by atoms with Crippen molar-refractivity contribution in [2.75, 3.05) is 19.1 Å². The average molecular weight is 395 g/mol. The van der Waals surface area contributed by atoms with Crippen molar-refractivity contribution in [3.05, 3.63) is 65.1 Å². The molecule has 0 N–H and O–H groups in total. The highest BCUT2D eigenvalue weighted by molar-refractivity contribution is 6.07. The molecule has 0 radical (unpaired) electrons. The summed E-state index contributed by atoms with van der Waals surface area (Å²) in [5.41, 5.74) is 2.70. The average Bonchev–Trinajstić information content (AvgIpc) is 2.73. The van der Waals surface area contributed by atoms with Gasteiger partial charge in [0, 0.05) is 41.3 Å². The highest BCUT2D eigenvalue weighted by Gasteiger charge is 2.41. The number of allylic oxidation sites excluding steroid dienone is 2. The number of carbonyl (C=O) groups is 2. The van der Waals surface area contributed by atoms with Gasteiger partial charge in [0.2, 0.25) is 5.91 Å². The number of anilines is 1. The van der Waals surface area contributed by atoms with Crippen molar-refractivity contribution in [1.82, 2.24) is 0 Å². The fourth-order valence-electron chi connectivity index (χ4n) is 4.33. The summed E-state index contributed by atoms with van der Waals surface area (Å²) in [5.74, 6) is 0.246. The van der Waals surface area contributed by atoms with Crippen molar-refractivity contribution in [3.63, 3.8) is 0 Å². The molecule has 0 aromatic heterocycles. The summed E-state index contributed by atoms with van der Waals surface area (Å²) in [7, 11) is 3.11. The third-order valence-corrected chi connectivity index (χ3v) is 5.57. The monoisotopic (exact) mass is 395 g/mol. The summed E-state index contributed by atoms with van der Waals surface area (Å²) >= 11 is 0. The van der Waals surface area contributed by atoms with E-state index in [1.807, 2.05) is 12.1 Å². The van der Waals surface area contributed by atoms with E-state index in [4.69, 9.17) is 9.47 Å². The van der Waals surface area contributed by atoms with Crippen molar-refractivity contribution in [3.8, 4) is 11.5 Å². The number of benzene rings is 2. The van der Waals surface area contributed by atoms with Crippen LogP contribution in [0.3, 0.4) is 0 Å². The summed E-state index contributed by atoms with van der Waals surface area (Å²) in [5, 5.41) is 0. The number of methoxy groups -OCH3 is 2. The Morgan fingerprint density at radius 1 is 1.00 bits per heavy atom. The summed E-state index contributed by atoms with van der Waals surface area (Å²) in [6.07, 6.45) is 1.89. The summed E-state index contributed by atoms with van der Waals surface area (Å²) in [4.78, 5) is 27.7. The van der Waals surface area contributed by atoms with Crippen LogP contribution in [0.5, 0.6) is 11.5 Å². The molecule has 2 aromatic carbocycles. The highest BCUT2D eigenvalue weighted by Crippen LogP contribution is 2.47. The number of para-hydroxylation sites is 1. The van der Waals surface area contributed by atoms with Gasteiger partial charge in [-0.2, -0.15) is 0 Å². The second-order valence-corrected chi connectivity index (χ2v) is 7.18. The summed E-state index contributed by atoms with van der Waals surface area (Å²) in [6.45, 7) is 0. The van der Waals surface area contributed by atoms with Gasteiger partial charge in [0.25, 0.3) is 0 Å². The minimum absolute atomic E-state index is 0.0423. The predicted molar refractivity (Wildman–Crippen MR) is 107 cm³/mol. The maximum Gasteiger partial charge on any atom is 0.232 e. The van der Waals surface area contributed by atoms with Crippen LogP contribution in [0.2, 0.25) is 0 Å². The van der Waals surface area contributed by atoms with Crippen LogP contribution in [-0.2, 0) is 9.59 Å². The summed E-state index contributed by atoms with van der Waals surface area (Å²) in [6, 6.07) is 11.3. The van der Waals surface area contributed by atoms with Crippen LogP contribution in [0.15, 0.2) is 53.7 Å². The molecule has 6 heteroatoms. The number of hydrogen-bond acceptors (Lipinski definition) is 4. The molecule has 0 saturated heterocycles. The molecule has 1 heterocycles. The van der Waals surface area contributed by atoms with Crippen molar-refractivity contribution < 1.29 is 23.5 Å². The maximum atomic E-state index is 13.4. The molecule has 1 aliphatic carbocycles. The first kappa shape index (κ1) is 19.2. The topological polar surface area (TPSA) is 55.8 Å². The number of halogens is 1. The molecule has 29 heavy (non-hydrogen) atoms. The van der Waals surface area contributed by atoms with E-state index in [0.717, 1.165) is 5.56 Å². The molecule has 150 valence electrons. The van der Waals surface area contributed by atoms with Gasteiger partial charge in [0.1, 0.15) is 5.82 Å². The van der Waals surface area contributed by atoms with Gasteiger partial charge in [-0.25, -0.2) is 4.39 Å². The lowest BCUT2D eigenvalue weighted by atomic mass is 9.76. The molecule has 4 rings (SSSR count). The van der Waals surface area contributed by atoms with Crippen molar-refractivity contribution in [1.29, 1.82) is 0 Å². The van der Waals surface area contributed by atoms with Gasteiger partial charge in [0.15, 0.2) is 17.3 Å². The van der Waals surface area contributed by atoms with Crippen molar-refractivity contribution >= 4 is 17.4 Å². The van der Waals surface area contributed by atoms with Crippen LogP contribution in [0.1, 0.15) is 37.2 Å². The van der Waals surface area contributed by atoms with Gasteiger partial charge in [-0.1, -0.05) is 12.1 Å². The number of ether oxygens (including phenoxy) is 2. The standard InChI is InChI=1S/C23H22FNO4/c1-28-20-8-3-5-16(23(20)29-2)17-13-21(27)25(15-11-9-14(24)10-12-15)18-6-4-7-19(26)22(17)18/h3,5,8-12,17H,4,6-7,13H2,1-2H3/t17-/m1/s1. The molecule has 5 nitrogen and oxygen atoms in total. The van der Waals surface area contributed by atoms with E-state index in [-0.39, 0.29) is 23.9 Å². The first-order valence-corrected chi connectivity index (χ1v) is 9.60. The number of Topliss-reactive ketones (excluding diaryl/α,β-unsaturated/α-hetero) is 1. The van der Waals surface area contributed by atoms with E-state index in [2.05, 4.69) is 0 Å². The van der Waals surface area contributed by atoms with Gasteiger partial charge in [0.05, 0.1) is 14.2 Å². The normalized spacial score (nSPS) is 19.3. The smallest absolute Gasteiger partial charge is 0.232 e. The zero-order valence-electron chi connectivity index (χ0n) is 16.4. The molecule has 1 atom stereocenters. The molecule has 1 aliphatic heterocycles. The number of rotatable bonds is 4. The van der Waals surface area contributed by atoms with Crippen molar-refractivity contribution in [2.24, 2.45) is 0 Å². The Bertz CT molecular complexity index is 996. The Balaban J connectivity index is 1.88. The Hall–Kier alpha value is -3.15. The van der Waals surface area contributed by atoms with E-state index >= 15 is 0 Å². The minimum Gasteiger partial charge on any atom is -0.493 e. The SMILES string of the molecule is COc1cccc([C@H]2CC(=O)N(c3ccc(F)cc3)C3=C2C(=O)CCC3)c1OC. The van der Waals surface area contributed by atoms with Crippen LogP contribution in [0, 0.1) is 5.82 Å². The van der Waals surface area contributed by atoms with Gasteiger partial charge < -0.3 is 9.47 Å². The van der Waals surface area contributed by atoms with E-state index < -0.39 is 5.92 Å². The Kier molecular flexibility index (Phi) is 5.09. The second-order valence-electron chi connectivity index (χ2n) is 7.18. The van der Waals surface area contributed by atoms with Crippen LogP contribution in [0.4, 0.5) is 10.1 Å². The molecule has 1 amide bonds. The van der Waals surface area contributed by atoms with E-state index in [1.165, 1.54) is 12.1 Å². The second kappa shape index (κ2) is 7.70. The number of nitrogens with zero attached hydrogens (tertiary/aromatic N) is 1. The van der Waals surface area contributed by atoms with E-state index in [0.29, 0.717) is 47.7 Å². The minimum atomic E-state index is -0.396. The lowest BCUT2D eigenvalue weighted by Crippen LogP contribution is -2.40. The first-order valence-electron chi connectivity index (χ1n) is 9.60. The quantitative estimate of drug-likeness (QED) is 0.771. The third kappa shape index (κ3) is 3.28. The Morgan fingerprint density at radius 2 is 1.76 bits per heavy atom. The summed E-state index contributed by atoms with van der Waals surface area (Å²) < 4.78 is 24.4. The predicted octanol–water partition coefficient (Wildman–Crippen LogP) is 4.37. The van der Waals surface area contributed by atoms with E-state index in [1.54, 1.807) is 37.3 Å². The molecular weight excluding hydrogens is 373 g/mol. The number of ketones is 1. The highest BCUT2D eigenvalue weighted by atomic mass is 19.1. The first-order chi connectivity index (χ1) is 14.0. The molecular formula is C23H22FNO4. The molecule has 0 bridgehead atoms. The zero-order valence-corrected chi connectivity index (χ0v) is 16.4. The molecule has 2 aliphatic rings. The van der Waals surface area contributed by atoms with E-state index in [9.17, 15) is 14.0 Å². The largest absolute Gasteiger partial charge is 0.493 e. The molecule has 0 spiro atoms. The molecule has 2 aromatic rings. The molecule has 0 saturated carbocycles. The fraction of sp³-hybridized carbons (Fsp3) is 0.304. The Labute approximate surface area is 168 Å².